The van der Waals surface area contributed by atoms with Gasteiger partial charge in [0, 0.05) is 55.3 Å². The number of hydrogen-bond acceptors (Lipinski definition) is 9. The van der Waals surface area contributed by atoms with Crippen LogP contribution in [-0.2, 0) is 0 Å². The van der Waals surface area contributed by atoms with Crippen LogP contribution in [0.4, 0.5) is 0 Å². The summed E-state index contributed by atoms with van der Waals surface area (Å²) in [7, 11) is 0. The van der Waals surface area contributed by atoms with Crippen molar-refractivity contribution in [3.8, 4) is 45.3 Å². The molecule has 2 aliphatic rings. The number of rotatable bonds is 6. The summed E-state index contributed by atoms with van der Waals surface area (Å²) in [6.07, 6.45) is 0.0900. The molecule has 9 nitrogen and oxygen atoms in total. The van der Waals surface area contributed by atoms with E-state index in [-0.39, 0.29) is 80.2 Å². The van der Waals surface area contributed by atoms with Crippen molar-refractivity contribution in [2.75, 3.05) is 6.61 Å². The molecule has 3 N–H and O–H groups in total. The molecule has 0 saturated carbocycles. The van der Waals surface area contributed by atoms with Crippen LogP contribution in [0.1, 0.15) is 79.1 Å². The predicted octanol–water partition coefficient (Wildman–Crippen LogP) is 4.12. The summed E-state index contributed by atoms with van der Waals surface area (Å²) in [5.74, 6) is -1.87. The highest BCUT2D eigenvalue weighted by Gasteiger charge is 2.33. The van der Waals surface area contributed by atoms with Gasteiger partial charge in [0.2, 0.25) is 10.9 Å². The third-order valence-electron chi connectivity index (χ3n) is 7.46. The molecule has 2 aromatic rings. The summed E-state index contributed by atoms with van der Waals surface area (Å²) in [5.41, 5.74) is -5.75. The van der Waals surface area contributed by atoms with Crippen LogP contribution in [0.25, 0.3) is 33.0 Å². The van der Waals surface area contributed by atoms with Gasteiger partial charge >= 0.3 is 0 Å². The first-order valence-electron chi connectivity index (χ1n) is 12.9. The highest BCUT2D eigenvalue weighted by molar-refractivity contribution is 6.05. The van der Waals surface area contributed by atoms with Crippen LogP contribution in [0.5, 0.6) is 23.0 Å². The number of carbonyl (C=O) groups is 1. The molecule has 40 heavy (non-hydrogen) atoms. The van der Waals surface area contributed by atoms with Crippen molar-refractivity contribution in [1.29, 1.82) is 0 Å². The van der Waals surface area contributed by atoms with E-state index >= 15 is 0 Å². The summed E-state index contributed by atoms with van der Waals surface area (Å²) in [6.45, 7) is 11.5. The standard InChI is InChI=1S/C31H30O9/c1-8-40-17-9-15-22(18(11(2)3)29(17)37)25(33)13(6)20(27(15)35)21-14(7)26(34)24-19(12(4)5)31(39)28(36)16(10-32)23(24)30(21)38/h9-12,33,35,37H,8H2,1-7H3. The maximum Gasteiger partial charge on any atom is 0.237 e. The molecule has 4 rings (SSSR count). The lowest BCUT2D eigenvalue weighted by Crippen LogP contribution is -2.38. The molecular formula is C31H30O9. The molecule has 0 amide bonds. The summed E-state index contributed by atoms with van der Waals surface area (Å²) < 4.78 is 5.56. The third kappa shape index (κ3) is 3.79. The largest absolute Gasteiger partial charge is 0.507 e. The Morgan fingerprint density at radius 1 is 0.725 bits per heavy atom. The lowest BCUT2D eigenvalue weighted by molar-refractivity contribution is 0.112. The van der Waals surface area contributed by atoms with Gasteiger partial charge in [0.15, 0.2) is 28.6 Å². The van der Waals surface area contributed by atoms with Crippen molar-refractivity contribution in [3.05, 3.63) is 74.8 Å². The van der Waals surface area contributed by atoms with Crippen molar-refractivity contribution >= 4 is 17.1 Å². The first-order chi connectivity index (χ1) is 18.7. The number of phenols is 3. The smallest absolute Gasteiger partial charge is 0.237 e. The quantitative estimate of drug-likeness (QED) is 0.184. The molecule has 0 unspecified atom stereocenters. The molecule has 0 radical (unpaired) electrons. The number of ether oxygens (including phenoxy) is 1. The molecule has 208 valence electrons. The van der Waals surface area contributed by atoms with Gasteiger partial charge in [-0.15, -0.1) is 0 Å². The van der Waals surface area contributed by atoms with Crippen LogP contribution in [0, 0.1) is 13.8 Å². The van der Waals surface area contributed by atoms with Crippen LogP contribution in [0.15, 0.2) is 25.2 Å². The average molecular weight is 547 g/mol. The number of phenolic OH excluding ortho intramolecular Hbond substituents is 3. The number of carbonyl (C=O) groups excluding carboxylic acids is 1. The van der Waals surface area contributed by atoms with Gasteiger partial charge in [-0.3, -0.25) is 24.0 Å². The van der Waals surface area contributed by atoms with Gasteiger partial charge in [-0.2, -0.15) is 0 Å². The van der Waals surface area contributed by atoms with E-state index in [0.29, 0.717) is 5.56 Å². The molecule has 0 heterocycles. The van der Waals surface area contributed by atoms with Crippen molar-refractivity contribution in [3.63, 3.8) is 0 Å². The minimum Gasteiger partial charge on any atom is -0.507 e. The van der Waals surface area contributed by atoms with Gasteiger partial charge in [-0.25, -0.2) is 0 Å². The zero-order chi connectivity index (χ0) is 30.0. The lowest BCUT2D eigenvalue weighted by Gasteiger charge is -2.22. The van der Waals surface area contributed by atoms with Gasteiger partial charge in [0.1, 0.15) is 11.5 Å². The highest BCUT2D eigenvalue weighted by Crippen LogP contribution is 2.51. The summed E-state index contributed by atoms with van der Waals surface area (Å²) in [6, 6.07) is 1.34. The summed E-state index contributed by atoms with van der Waals surface area (Å²) in [5, 5.41) is 34.1. The average Bonchev–Trinajstić information content (AvgIpc) is 2.89. The van der Waals surface area contributed by atoms with Gasteiger partial charge in [0.25, 0.3) is 0 Å². The second-order valence-corrected chi connectivity index (χ2v) is 10.5. The van der Waals surface area contributed by atoms with E-state index < -0.39 is 44.5 Å². The van der Waals surface area contributed by atoms with Gasteiger partial charge in [-0.1, -0.05) is 27.7 Å². The van der Waals surface area contributed by atoms with Crippen LogP contribution in [-0.4, -0.2) is 28.2 Å². The molecular weight excluding hydrogens is 516 g/mol. The molecule has 0 aromatic heterocycles. The molecule has 0 atom stereocenters. The number of hydrogen-bond donors (Lipinski definition) is 3. The normalized spacial score (nSPS) is 11.7. The molecule has 0 saturated heterocycles. The monoisotopic (exact) mass is 546 g/mol. The van der Waals surface area contributed by atoms with E-state index in [4.69, 9.17) is 4.74 Å². The molecule has 0 spiro atoms. The fraction of sp³-hybridized carbons (Fsp3) is 0.323. The first kappa shape index (κ1) is 28.5. The molecule has 2 aliphatic carbocycles. The first-order valence-corrected chi connectivity index (χ1v) is 12.9. The van der Waals surface area contributed by atoms with Crippen molar-refractivity contribution in [1.82, 2.24) is 0 Å². The molecule has 2 aromatic carbocycles. The predicted molar refractivity (Wildman–Crippen MR) is 153 cm³/mol. The zero-order valence-corrected chi connectivity index (χ0v) is 23.3. The van der Waals surface area contributed by atoms with Crippen molar-refractivity contribution in [2.24, 2.45) is 0 Å². The van der Waals surface area contributed by atoms with Crippen LogP contribution in [0.2, 0.25) is 0 Å². The summed E-state index contributed by atoms with van der Waals surface area (Å²) >= 11 is 0. The number of fused-ring (bicyclic) bond motifs is 2. The Balaban J connectivity index is 2.33. The van der Waals surface area contributed by atoms with Crippen molar-refractivity contribution in [2.45, 2.75) is 60.3 Å². The fourth-order valence-corrected chi connectivity index (χ4v) is 5.63. The van der Waals surface area contributed by atoms with Crippen LogP contribution < -0.4 is 26.5 Å². The Morgan fingerprint density at radius 2 is 1.32 bits per heavy atom. The topological polar surface area (TPSA) is 155 Å². The highest BCUT2D eigenvalue weighted by atomic mass is 16.5. The Labute approximate surface area is 229 Å². The Kier molecular flexibility index (Phi) is 7.04. The van der Waals surface area contributed by atoms with Gasteiger partial charge in [-0.05, 0) is 38.7 Å². The van der Waals surface area contributed by atoms with Gasteiger partial charge in [0.05, 0.1) is 12.2 Å². The molecule has 0 aliphatic heterocycles. The van der Waals surface area contributed by atoms with Crippen LogP contribution in [0.3, 0.4) is 0 Å². The molecule has 9 heteroatoms. The number of aldehydes is 1. The van der Waals surface area contributed by atoms with E-state index in [1.165, 1.54) is 19.9 Å². The number of aromatic hydroxyl groups is 3. The number of benzene rings is 4. The Morgan fingerprint density at radius 3 is 1.85 bits per heavy atom. The van der Waals surface area contributed by atoms with Crippen molar-refractivity contribution < 1.29 is 24.9 Å². The minimum atomic E-state index is -1.18. The van der Waals surface area contributed by atoms with E-state index in [1.54, 1.807) is 34.6 Å². The van der Waals surface area contributed by atoms with E-state index in [2.05, 4.69) is 0 Å². The molecule has 0 bridgehead atoms. The maximum atomic E-state index is 14.1. The zero-order valence-electron chi connectivity index (χ0n) is 23.3. The van der Waals surface area contributed by atoms with E-state index in [1.807, 2.05) is 0 Å². The van der Waals surface area contributed by atoms with Gasteiger partial charge < -0.3 is 20.1 Å². The molecule has 0 fully saturated rings. The lowest BCUT2D eigenvalue weighted by atomic mass is 9.81. The second kappa shape index (κ2) is 9.89. The minimum absolute atomic E-state index is 0.0361. The Bertz CT molecular complexity index is 1910. The third-order valence-corrected chi connectivity index (χ3v) is 7.46. The van der Waals surface area contributed by atoms with E-state index in [0.717, 1.165) is 0 Å². The van der Waals surface area contributed by atoms with Crippen LogP contribution >= 0.6 is 0 Å². The SMILES string of the molecule is CCOc1cc2c(O)c(-c3c(C)c(=O)c4c(C(C)C)c(=O)c(=O)c(C=O)c-4c3=O)c(C)c(O)c2c(C(C)C)c1O. The van der Waals surface area contributed by atoms with E-state index in [9.17, 15) is 39.3 Å². The second-order valence-electron chi connectivity index (χ2n) is 10.5. The fourth-order valence-electron chi connectivity index (χ4n) is 5.63. The Hall–Kier alpha value is -4.53. The maximum absolute atomic E-state index is 14.1. The summed E-state index contributed by atoms with van der Waals surface area (Å²) in [4.78, 5) is 65.4.